The van der Waals surface area contributed by atoms with Gasteiger partial charge < -0.3 is 9.26 Å². The average Bonchev–Trinajstić information content (AvgIpc) is 3.08. The molecule has 25 heavy (non-hydrogen) atoms. The molecule has 0 atom stereocenters. The van der Waals surface area contributed by atoms with Crippen LogP contribution in [0.15, 0.2) is 53.1 Å². The van der Waals surface area contributed by atoms with Gasteiger partial charge in [-0.1, -0.05) is 43.3 Å². The molecule has 0 saturated heterocycles. The van der Waals surface area contributed by atoms with Crippen molar-refractivity contribution in [3.63, 3.8) is 0 Å². The number of hydrogen-bond donors (Lipinski definition) is 0. The molecule has 0 spiro atoms. The number of carbonyl (C=O) groups is 1. The van der Waals surface area contributed by atoms with E-state index in [-0.39, 0.29) is 5.69 Å². The molecule has 0 saturated carbocycles. The van der Waals surface area contributed by atoms with Gasteiger partial charge in [0.2, 0.25) is 0 Å². The number of esters is 1. The summed E-state index contributed by atoms with van der Waals surface area (Å²) in [5, 5.41) is 3.84. The second-order valence-corrected chi connectivity index (χ2v) is 6.49. The zero-order chi connectivity index (χ0) is 18.0. The van der Waals surface area contributed by atoms with Crippen molar-refractivity contribution in [1.29, 1.82) is 0 Å². The molecule has 0 amide bonds. The van der Waals surface area contributed by atoms with Crippen LogP contribution in [0.2, 0.25) is 0 Å². The topological polar surface area (TPSA) is 52.3 Å². The Bertz CT molecular complexity index is 892. The van der Waals surface area contributed by atoms with Gasteiger partial charge in [0, 0.05) is 11.6 Å². The van der Waals surface area contributed by atoms with Crippen molar-refractivity contribution in [2.45, 2.75) is 33.6 Å². The molecule has 3 aromatic rings. The summed E-state index contributed by atoms with van der Waals surface area (Å²) in [5.74, 6) is 0.937. The zero-order valence-electron chi connectivity index (χ0n) is 14.9. The van der Waals surface area contributed by atoms with Crippen LogP contribution in [0.1, 0.15) is 46.9 Å². The quantitative estimate of drug-likeness (QED) is 0.479. The monoisotopic (exact) mass is 335 g/mol. The Morgan fingerprint density at radius 1 is 1.00 bits per heavy atom. The highest BCUT2D eigenvalue weighted by Crippen LogP contribution is 2.24. The van der Waals surface area contributed by atoms with Crippen LogP contribution in [0.4, 0.5) is 0 Å². The minimum Gasteiger partial charge on any atom is -0.422 e. The van der Waals surface area contributed by atoms with Crippen LogP contribution in [-0.4, -0.2) is 11.1 Å². The largest absolute Gasteiger partial charge is 0.422 e. The van der Waals surface area contributed by atoms with E-state index in [1.807, 2.05) is 44.2 Å². The average molecular weight is 335 g/mol. The first-order valence-corrected chi connectivity index (χ1v) is 8.30. The number of aryl methyl sites for hydroxylation is 2. The summed E-state index contributed by atoms with van der Waals surface area (Å²) in [5.41, 5.74) is 4.59. The van der Waals surface area contributed by atoms with Gasteiger partial charge in [0.05, 0.1) is 0 Å². The van der Waals surface area contributed by atoms with Crippen molar-refractivity contribution in [2.75, 3.05) is 0 Å². The third-order valence-electron chi connectivity index (χ3n) is 4.27. The van der Waals surface area contributed by atoms with E-state index in [2.05, 4.69) is 19.0 Å². The minimum atomic E-state index is -0.531. The standard InChI is InChI=1S/C21H21NO3/c1-13(2)16-7-9-18(10-8-16)24-21(23)19-12-20(25-22-19)17-6-5-14(3)15(4)11-17/h5-13H,1-4H3. The summed E-state index contributed by atoms with van der Waals surface area (Å²) in [6.07, 6.45) is 0. The second kappa shape index (κ2) is 6.93. The maximum absolute atomic E-state index is 12.3. The highest BCUT2D eigenvalue weighted by Gasteiger charge is 2.16. The van der Waals surface area contributed by atoms with Crippen LogP contribution in [0, 0.1) is 13.8 Å². The Labute approximate surface area is 147 Å². The van der Waals surface area contributed by atoms with Gasteiger partial charge in [-0.05, 0) is 54.7 Å². The Morgan fingerprint density at radius 2 is 1.72 bits per heavy atom. The number of benzene rings is 2. The van der Waals surface area contributed by atoms with E-state index < -0.39 is 5.97 Å². The molecule has 0 radical (unpaired) electrons. The molecule has 1 heterocycles. The van der Waals surface area contributed by atoms with Crippen LogP contribution in [-0.2, 0) is 0 Å². The second-order valence-electron chi connectivity index (χ2n) is 6.49. The van der Waals surface area contributed by atoms with E-state index in [9.17, 15) is 4.79 Å². The van der Waals surface area contributed by atoms with Gasteiger partial charge in [-0.2, -0.15) is 0 Å². The molecule has 0 aliphatic carbocycles. The molecule has 4 nitrogen and oxygen atoms in total. The fraction of sp³-hybridized carbons (Fsp3) is 0.238. The first-order valence-electron chi connectivity index (χ1n) is 8.30. The van der Waals surface area contributed by atoms with Crippen LogP contribution in [0.25, 0.3) is 11.3 Å². The highest BCUT2D eigenvalue weighted by molar-refractivity contribution is 5.90. The van der Waals surface area contributed by atoms with E-state index in [0.717, 1.165) is 11.1 Å². The van der Waals surface area contributed by atoms with E-state index in [4.69, 9.17) is 9.26 Å². The lowest BCUT2D eigenvalue weighted by atomic mass is 10.0. The van der Waals surface area contributed by atoms with E-state index in [1.54, 1.807) is 18.2 Å². The number of aromatic nitrogens is 1. The van der Waals surface area contributed by atoms with Crippen molar-refractivity contribution < 1.29 is 14.1 Å². The summed E-state index contributed by atoms with van der Waals surface area (Å²) in [4.78, 5) is 12.3. The minimum absolute atomic E-state index is 0.154. The lowest BCUT2D eigenvalue weighted by molar-refractivity contribution is 0.0724. The lowest BCUT2D eigenvalue weighted by Crippen LogP contribution is -2.08. The van der Waals surface area contributed by atoms with Gasteiger partial charge >= 0.3 is 5.97 Å². The van der Waals surface area contributed by atoms with E-state index in [1.165, 1.54) is 11.1 Å². The van der Waals surface area contributed by atoms with Gasteiger partial charge in [0.15, 0.2) is 11.5 Å². The van der Waals surface area contributed by atoms with Gasteiger partial charge in [-0.25, -0.2) is 4.79 Å². The predicted molar refractivity (Wildman–Crippen MR) is 96.9 cm³/mol. The Morgan fingerprint density at radius 3 is 2.36 bits per heavy atom. The first-order chi connectivity index (χ1) is 11.9. The normalized spacial score (nSPS) is 10.9. The van der Waals surface area contributed by atoms with Gasteiger partial charge in [0.1, 0.15) is 5.75 Å². The van der Waals surface area contributed by atoms with Crippen molar-refractivity contribution >= 4 is 5.97 Å². The van der Waals surface area contributed by atoms with Crippen LogP contribution < -0.4 is 4.74 Å². The molecule has 0 fully saturated rings. The smallest absolute Gasteiger partial charge is 0.365 e. The molecular weight excluding hydrogens is 314 g/mol. The van der Waals surface area contributed by atoms with Crippen molar-refractivity contribution in [1.82, 2.24) is 5.16 Å². The summed E-state index contributed by atoms with van der Waals surface area (Å²) < 4.78 is 10.7. The van der Waals surface area contributed by atoms with Crippen molar-refractivity contribution in [3.8, 4) is 17.1 Å². The fourth-order valence-corrected chi connectivity index (χ4v) is 2.48. The third-order valence-corrected chi connectivity index (χ3v) is 4.27. The molecule has 0 unspecified atom stereocenters. The molecule has 4 heteroatoms. The number of rotatable bonds is 4. The number of carbonyl (C=O) groups excluding carboxylic acids is 1. The number of ether oxygens (including phenoxy) is 1. The summed E-state index contributed by atoms with van der Waals surface area (Å²) >= 11 is 0. The molecule has 128 valence electrons. The molecule has 3 rings (SSSR count). The van der Waals surface area contributed by atoms with E-state index >= 15 is 0 Å². The summed E-state index contributed by atoms with van der Waals surface area (Å²) in [6.45, 7) is 8.31. The molecule has 1 aromatic heterocycles. The molecule has 0 N–H and O–H groups in total. The highest BCUT2D eigenvalue weighted by atomic mass is 16.5. The molecular formula is C21H21NO3. The maximum atomic E-state index is 12.3. The number of nitrogens with zero attached hydrogens (tertiary/aromatic N) is 1. The summed E-state index contributed by atoms with van der Waals surface area (Å²) in [6, 6.07) is 15.1. The van der Waals surface area contributed by atoms with Crippen LogP contribution >= 0.6 is 0 Å². The molecule has 0 aliphatic heterocycles. The van der Waals surface area contributed by atoms with E-state index in [0.29, 0.717) is 17.4 Å². The molecule has 0 aliphatic rings. The van der Waals surface area contributed by atoms with Gasteiger partial charge in [-0.15, -0.1) is 0 Å². The fourth-order valence-electron chi connectivity index (χ4n) is 2.48. The summed E-state index contributed by atoms with van der Waals surface area (Å²) in [7, 11) is 0. The Balaban J connectivity index is 1.75. The lowest BCUT2D eigenvalue weighted by Gasteiger charge is -2.06. The van der Waals surface area contributed by atoms with Gasteiger partial charge in [-0.3, -0.25) is 0 Å². The van der Waals surface area contributed by atoms with Crippen LogP contribution in [0.5, 0.6) is 5.75 Å². The Hall–Kier alpha value is -2.88. The Kier molecular flexibility index (Phi) is 4.70. The van der Waals surface area contributed by atoms with Crippen molar-refractivity contribution in [3.05, 3.63) is 70.9 Å². The number of hydrogen-bond acceptors (Lipinski definition) is 4. The van der Waals surface area contributed by atoms with Gasteiger partial charge in [0.25, 0.3) is 0 Å². The van der Waals surface area contributed by atoms with Crippen molar-refractivity contribution in [2.24, 2.45) is 0 Å². The maximum Gasteiger partial charge on any atom is 0.365 e. The van der Waals surface area contributed by atoms with Crippen LogP contribution in [0.3, 0.4) is 0 Å². The zero-order valence-corrected chi connectivity index (χ0v) is 14.9. The first kappa shape index (κ1) is 17.0. The third kappa shape index (κ3) is 3.79. The predicted octanol–water partition coefficient (Wildman–Crippen LogP) is 5.30. The SMILES string of the molecule is Cc1ccc(-c2cc(C(=O)Oc3ccc(C(C)C)cc3)no2)cc1C. The molecule has 0 bridgehead atoms. The molecule has 2 aromatic carbocycles.